The summed E-state index contributed by atoms with van der Waals surface area (Å²) in [4.78, 5) is 10.2. The fraction of sp³-hybridized carbons (Fsp3) is 0. The van der Waals surface area contributed by atoms with Crippen molar-refractivity contribution < 1.29 is 10.0 Å². The molecular formula is C14H10N4O3. The highest BCUT2D eigenvalue weighted by molar-refractivity contribution is 5.59. The number of phenolic OH excluding ortho intramolecular Hbond substituents is 1. The molecule has 0 amide bonds. The number of rotatable bonds is 3. The van der Waals surface area contributed by atoms with Gasteiger partial charge in [-0.05, 0) is 36.4 Å². The average molecular weight is 282 g/mol. The molecule has 0 aliphatic carbocycles. The van der Waals surface area contributed by atoms with Crippen LogP contribution in [0.2, 0.25) is 0 Å². The van der Waals surface area contributed by atoms with Crippen LogP contribution in [0.15, 0.2) is 54.7 Å². The number of phenols is 1. The third-order valence-electron chi connectivity index (χ3n) is 2.98. The Kier molecular flexibility index (Phi) is 3.07. The van der Waals surface area contributed by atoms with Crippen LogP contribution in [0, 0.1) is 10.1 Å². The Morgan fingerprint density at radius 1 is 1.05 bits per heavy atom. The van der Waals surface area contributed by atoms with Crippen molar-refractivity contribution in [2.75, 3.05) is 0 Å². The minimum atomic E-state index is -0.451. The summed E-state index contributed by atoms with van der Waals surface area (Å²) in [6.45, 7) is 0. The summed E-state index contributed by atoms with van der Waals surface area (Å²) in [5.41, 5.74) is 2.17. The van der Waals surface area contributed by atoms with Crippen molar-refractivity contribution in [2.24, 2.45) is 0 Å². The summed E-state index contributed by atoms with van der Waals surface area (Å²) in [7, 11) is 0. The molecule has 0 saturated carbocycles. The smallest absolute Gasteiger partial charge is 0.269 e. The molecule has 0 saturated heterocycles. The Morgan fingerprint density at radius 2 is 1.71 bits per heavy atom. The SMILES string of the molecule is O=[N+]([O-])c1ccc(-n2cc(-c3ccc(O)cc3)nn2)cc1. The maximum atomic E-state index is 10.6. The zero-order chi connectivity index (χ0) is 14.8. The molecule has 0 fully saturated rings. The molecular weight excluding hydrogens is 272 g/mol. The monoisotopic (exact) mass is 282 g/mol. The number of nitrogens with zero attached hydrogens (tertiary/aromatic N) is 4. The predicted molar refractivity (Wildman–Crippen MR) is 75.1 cm³/mol. The van der Waals surface area contributed by atoms with Crippen molar-refractivity contribution in [2.45, 2.75) is 0 Å². The number of hydrogen-bond donors (Lipinski definition) is 1. The van der Waals surface area contributed by atoms with E-state index in [2.05, 4.69) is 10.3 Å². The van der Waals surface area contributed by atoms with Gasteiger partial charge in [0.15, 0.2) is 0 Å². The zero-order valence-electron chi connectivity index (χ0n) is 10.7. The molecule has 3 rings (SSSR count). The van der Waals surface area contributed by atoms with Crippen LogP contribution in [0.25, 0.3) is 16.9 Å². The van der Waals surface area contributed by atoms with E-state index in [1.807, 2.05) is 0 Å². The Bertz CT molecular complexity index is 779. The van der Waals surface area contributed by atoms with Crippen LogP contribution in [-0.4, -0.2) is 25.0 Å². The topological polar surface area (TPSA) is 94.1 Å². The largest absolute Gasteiger partial charge is 0.508 e. The molecule has 0 atom stereocenters. The van der Waals surface area contributed by atoms with Crippen LogP contribution < -0.4 is 0 Å². The Morgan fingerprint density at radius 3 is 2.33 bits per heavy atom. The van der Waals surface area contributed by atoms with Crippen molar-refractivity contribution in [3.05, 3.63) is 64.8 Å². The second-order valence-corrected chi connectivity index (χ2v) is 4.37. The first-order chi connectivity index (χ1) is 10.1. The quantitative estimate of drug-likeness (QED) is 0.588. The standard InChI is InChI=1S/C14H10N4O3/c19-13-7-1-10(2-8-13)14-9-17(16-15-14)11-3-5-12(6-4-11)18(20)21/h1-9,19H. The molecule has 7 nitrogen and oxygen atoms in total. The molecule has 0 radical (unpaired) electrons. The minimum Gasteiger partial charge on any atom is -0.508 e. The highest BCUT2D eigenvalue weighted by Crippen LogP contribution is 2.21. The number of nitro benzene ring substituents is 1. The van der Waals surface area contributed by atoms with Gasteiger partial charge in [-0.25, -0.2) is 4.68 Å². The van der Waals surface area contributed by atoms with Gasteiger partial charge in [0, 0.05) is 17.7 Å². The molecule has 0 unspecified atom stereocenters. The van der Waals surface area contributed by atoms with Crippen molar-refractivity contribution in [1.29, 1.82) is 0 Å². The van der Waals surface area contributed by atoms with E-state index in [9.17, 15) is 15.2 Å². The fourth-order valence-electron chi connectivity index (χ4n) is 1.88. The van der Waals surface area contributed by atoms with Crippen LogP contribution in [0.4, 0.5) is 5.69 Å². The zero-order valence-corrected chi connectivity index (χ0v) is 10.7. The molecule has 0 bridgehead atoms. The molecule has 0 aliphatic heterocycles. The molecule has 3 aromatic rings. The molecule has 104 valence electrons. The molecule has 1 N–H and O–H groups in total. The summed E-state index contributed by atoms with van der Waals surface area (Å²) >= 11 is 0. The Hall–Kier alpha value is -3.22. The second kappa shape index (κ2) is 5.04. The van der Waals surface area contributed by atoms with Crippen LogP contribution in [0.5, 0.6) is 5.75 Å². The minimum absolute atomic E-state index is 0.0256. The number of hydrogen-bond acceptors (Lipinski definition) is 5. The average Bonchev–Trinajstić information content (AvgIpc) is 2.98. The van der Waals surface area contributed by atoms with E-state index in [1.165, 1.54) is 16.8 Å². The van der Waals surface area contributed by atoms with Crippen molar-refractivity contribution in [3.63, 3.8) is 0 Å². The maximum absolute atomic E-state index is 10.6. The summed E-state index contributed by atoms with van der Waals surface area (Å²) in [6, 6.07) is 12.6. The first-order valence-corrected chi connectivity index (χ1v) is 6.10. The molecule has 7 heteroatoms. The number of nitro groups is 1. The first kappa shape index (κ1) is 12.8. The Balaban J connectivity index is 1.90. The van der Waals surface area contributed by atoms with Crippen LogP contribution in [0.1, 0.15) is 0 Å². The summed E-state index contributed by atoms with van der Waals surface area (Å²) in [5.74, 6) is 0.182. The van der Waals surface area contributed by atoms with Gasteiger partial charge in [-0.2, -0.15) is 0 Å². The number of benzene rings is 2. The summed E-state index contributed by atoms with van der Waals surface area (Å²) in [5, 5.41) is 27.9. The third kappa shape index (κ3) is 2.57. The van der Waals surface area contributed by atoms with Gasteiger partial charge in [-0.1, -0.05) is 5.21 Å². The van der Waals surface area contributed by atoms with Gasteiger partial charge < -0.3 is 5.11 Å². The van der Waals surface area contributed by atoms with Gasteiger partial charge in [-0.3, -0.25) is 10.1 Å². The maximum Gasteiger partial charge on any atom is 0.269 e. The van der Waals surface area contributed by atoms with Gasteiger partial charge in [0.05, 0.1) is 16.8 Å². The van der Waals surface area contributed by atoms with Gasteiger partial charge in [-0.15, -0.1) is 5.10 Å². The summed E-state index contributed by atoms with van der Waals surface area (Å²) < 4.78 is 1.53. The van der Waals surface area contributed by atoms with E-state index >= 15 is 0 Å². The fourth-order valence-corrected chi connectivity index (χ4v) is 1.88. The number of aromatic nitrogens is 3. The van der Waals surface area contributed by atoms with Gasteiger partial charge in [0.1, 0.15) is 11.4 Å². The lowest BCUT2D eigenvalue weighted by atomic mass is 10.2. The van der Waals surface area contributed by atoms with E-state index in [0.29, 0.717) is 11.4 Å². The molecule has 1 heterocycles. The third-order valence-corrected chi connectivity index (χ3v) is 2.98. The second-order valence-electron chi connectivity index (χ2n) is 4.37. The van der Waals surface area contributed by atoms with Gasteiger partial charge >= 0.3 is 0 Å². The lowest BCUT2D eigenvalue weighted by Gasteiger charge is -1.99. The van der Waals surface area contributed by atoms with Gasteiger partial charge in [0.2, 0.25) is 0 Å². The lowest BCUT2D eigenvalue weighted by Crippen LogP contribution is -1.95. The van der Waals surface area contributed by atoms with Crippen LogP contribution in [-0.2, 0) is 0 Å². The normalized spacial score (nSPS) is 10.5. The van der Waals surface area contributed by atoms with E-state index in [0.717, 1.165) is 5.56 Å². The lowest BCUT2D eigenvalue weighted by molar-refractivity contribution is -0.384. The first-order valence-electron chi connectivity index (χ1n) is 6.10. The number of aromatic hydroxyl groups is 1. The van der Waals surface area contributed by atoms with E-state index in [1.54, 1.807) is 42.6 Å². The molecule has 1 aromatic heterocycles. The van der Waals surface area contributed by atoms with Crippen LogP contribution >= 0.6 is 0 Å². The van der Waals surface area contributed by atoms with E-state index in [-0.39, 0.29) is 11.4 Å². The predicted octanol–water partition coefficient (Wildman–Crippen LogP) is 2.55. The number of non-ortho nitro benzene ring substituents is 1. The molecule has 2 aromatic carbocycles. The highest BCUT2D eigenvalue weighted by atomic mass is 16.6. The Labute approximate surface area is 119 Å². The summed E-state index contributed by atoms with van der Waals surface area (Å²) in [6.07, 6.45) is 1.72. The van der Waals surface area contributed by atoms with E-state index < -0.39 is 4.92 Å². The molecule has 21 heavy (non-hydrogen) atoms. The van der Waals surface area contributed by atoms with E-state index in [4.69, 9.17) is 0 Å². The van der Waals surface area contributed by atoms with Gasteiger partial charge in [0.25, 0.3) is 5.69 Å². The van der Waals surface area contributed by atoms with Crippen molar-refractivity contribution >= 4 is 5.69 Å². The highest BCUT2D eigenvalue weighted by Gasteiger charge is 2.08. The molecule has 0 aliphatic rings. The van der Waals surface area contributed by atoms with Crippen molar-refractivity contribution in [3.8, 4) is 22.7 Å². The van der Waals surface area contributed by atoms with Crippen LogP contribution in [0.3, 0.4) is 0 Å². The molecule has 0 spiro atoms. The van der Waals surface area contributed by atoms with Crippen molar-refractivity contribution in [1.82, 2.24) is 15.0 Å².